The second-order valence-electron chi connectivity index (χ2n) is 3.81. The first-order valence-corrected chi connectivity index (χ1v) is 6.72. The minimum atomic E-state index is -0.210. The van der Waals surface area contributed by atoms with Crippen molar-refractivity contribution in [2.45, 2.75) is 47.5 Å². The standard InChI is InChI=1S/C13H16ClNO.C2H6/c1-5-16-13-10(4)9(3)12(14)6-11(13)8(2)7-15;1-2/h6,8H,5H2,1-4H3;1-2H3. The van der Waals surface area contributed by atoms with Crippen LogP contribution in [0.5, 0.6) is 5.75 Å². The van der Waals surface area contributed by atoms with E-state index in [0.29, 0.717) is 11.6 Å². The van der Waals surface area contributed by atoms with Gasteiger partial charge in [0.15, 0.2) is 0 Å². The molecule has 0 saturated carbocycles. The van der Waals surface area contributed by atoms with Crippen molar-refractivity contribution in [3.63, 3.8) is 0 Å². The van der Waals surface area contributed by atoms with Gasteiger partial charge in [0, 0.05) is 10.6 Å². The first kappa shape index (κ1) is 16.8. The number of hydrogen-bond donors (Lipinski definition) is 0. The summed E-state index contributed by atoms with van der Waals surface area (Å²) >= 11 is 6.13. The second kappa shape index (κ2) is 8.00. The van der Waals surface area contributed by atoms with Gasteiger partial charge in [-0.15, -0.1) is 0 Å². The van der Waals surface area contributed by atoms with Crippen LogP contribution in [-0.4, -0.2) is 6.61 Å². The summed E-state index contributed by atoms with van der Waals surface area (Å²) in [6.45, 7) is 12.3. The molecule has 0 heterocycles. The molecular weight excluding hydrogens is 246 g/mol. The summed E-state index contributed by atoms with van der Waals surface area (Å²) in [6, 6.07) is 4.05. The van der Waals surface area contributed by atoms with Gasteiger partial charge in [0.1, 0.15) is 5.75 Å². The number of hydrogen-bond acceptors (Lipinski definition) is 2. The van der Waals surface area contributed by atoms with E-state index in [0.717, 1.165) is 22.4 Å². The maximum absolute atomic E-state index is 8.98. The maximum Gasteiger partial charge on any atom is 0.127 e. The molecule has 3 heteroatoms. The van der Waals surface area contributed by atoms with Crippen molar-refractivity contribution in [1.82, 2.24) is 0 Å². The topological polar surface area (TPSA) is 33.0 Å². The van der Waals surface area contributed by atoms with Crippen LogP contribution in [0.2, 0.25) is 5.02 Å². The van der Waals surface area contributed by atoms with Crippen molar-refractivity contribution in [2.75, 3.05) is 6.61 Å². The van der Waals surface area contributed by atoms with Crippen LogP contribution in [0.3, 0.4) is 0 Å². The lowest BCUT2D eigenvalue weighted by Gasteiger charge is -2.17. The average Bonchev–Trinajstić information content (AvgIpc) is 2.40. The van der Waals surface area contributed by atoms with Crippen LogP contribution in [0, 0.1) is 25.2 Å². The molecular formula is C15H22ClNO. The summed E-state index contributed by atoms with van der Waals surface area (Å²) in [6.07, 6.45) is 0. The van der Waals surface area contributed by atoms with Gasteiger partial charge < -0.3 is 4.74 Å². The third-order valence-electron chi connectivity index (χ3n) is 2.75. The fourth-order valence-corrected chi connectivity index (χ4v) is 1.86. The zero-order valence-corrected chi connectivity index (χ0v) is 12.9. The van der Waals surface area contributed by atoms with E-state index in [1.165, 1.54) is 0 Å². The Morgan fingerprint density at radius 3 is 2.33 bits per heavy atom. The lowest BCUT2D eigenvalue weighted by atomic mass is 9.96. The molecule has 0 aromatic heterocycles. The molecule has 0 aliphatic rings. The number of benzene rings is 1. The Morgan fingerprint density at radius 1 is 1.33 bits per heavy atom. The number of nitriles is 1. The van der Waals surface area contributed by atoms with Crippen molar-refractivity contribution in [2.24, 2.45) is 0 Å². The molecule has 0 saturated heterocycles. The minimum Gasteiger partial charge on any atom is -0.493 e. The van der Waals surface area contributed by atoms with Crippen LogP contribution in [0.25, 0.3) is 0 Å². The van der Waals surface area contributed by atoms with Gasteiger partial charge in [0.05, 0.1) is 18.6 Å². The largest absolute Gasteiger partial charge is 0.493 e. The van der Waals surface area contributed by atoms with E-state index in [1.54, 1.807) is 0 Å². The van der Waals surface area contributed by atoms with Gasteiger partial charge in [-0.2, -0.15) is 5.26 Å². The number of nitrogens with zero attached hydrogens (tertiary/aromatic N) is 1. The first-order valence-electron chi connectivity index (χ1n) is 6.34. The summed E-state index contributed by atoms with van der Waals surface area (Å²) in [5, 5.41) is 9.68. The molecule has 2 nitrogen and oxygen atoms in total. The molecule has 100 valence electrons. The molecule has 1 rings (SSSR count). The number of rotatable bonds is 3. The number of ether oxygens (including phenoxy) is 1. The molecule has 18 heavy (non-hydrogen) atoms. The average molecular weight is 268 g/mol. The van der Waals surface area contributed by atoms with Gasteiger partial charge in [-0.3, -0.25) is 0 Å². The van der Waals surface area contributed by atoms with Gasteiger partial charge in [-0.1, -0.05) is 25.4 Å². The SMILES string of the molecule is CC.CCOc1c(C(C)C#N)cc(Cl)c(C)c1C. The molecule has 0 fully saturated rings. The lowest BCUT2D eigenvalue weighted by Crippen LogP contribution is -2.03. The fourth-order valence-electron chi connectivity index (χ4n) is 1.60. The van der Waals surface area contributed by atoms with E-state index in [9.17, 15) is 0 Å². The molecule has 0 amide bonds. The Labute approximate surface area is 116 Å². The van der Waals surface area contributed by atoms with Gasteiger partial charge in [-0.25, -0.2) is 0 Å². The summed E-state index contributed by atoms with van der Waals surface area (Å²) in [5.41, 5.74) is 2.91. The van der Waals surface area contributed by atoms with Gasteiger partial charge >= 0.3 is 0 Å². The molecule has 0 spiro atoms. The molecule has 1 unspecified atom stereocenters. The summed E-state index contributed by atoms with van der Waals surface area (Å²) in [5.74, 6) is 0.594. The quantitative estimate of drug-likeness (QED) is 0.771. The predicted octanol–water partition coefficient (Wildman–Crippen LogP) is 5.01. The highest BCUT2D eigenvalue weighted by molar-refractivity contribution is 6.31. The second-order valence-corrected chi connectivity index (χ2v) is 4.22. The third-order valence-corrected chi connectivity index (χ3v) is 3.15. The van der Waals surface area contributed by atoms with Crippen LogP contribution < -0.4 is 4.74 Å². The molecule has 0 bridgehead atoms. The van der Waals surface area contributed by atoms with Crippen LogP contribution in [-0.2, 0) is 0 Å². The van der Waals surface area contributed by atoms with Gasteiger partial charge in [-0.05, 0) is 44.9 Å². The first-order chi connectivity index (χ1) is 8.52. The summed E-state index contributed by atoms with van der Waals surface area (Å²) in [7, 11) is 0. The molecule has 1 aromatic rings. The van der Waals surface area contributed by atoms with Crippen LogP contribution in [0.15, 0.2) is 6.07 Å². The van der Waals surface area contributed by atoms with Crippen molar-refractivity contribution in [3.8, 4) is 11.8 Å². The molecule has 0 radical (unpaired) electrons. The van der Waals surface area contributed by atoms with E-state index in [4.69, 9.17) is 21.6 Å². The van der Waals surface area contributed by atoms with Crippen LogP contribution in [0.4, 0.5) is 0 Å². The smallest absolute Gasteiger partial charge is 0.127 e. The highest BCUT2D eigenvalue weighted by Crippen LogP contribution is 2.35. The fraction of sp³-hybridized carbons (Fsp3) is 0.533. The summed E-state index contributed by atoms with van der Waals surface area (Å²) in [4.78, 5) is 0. The molecule has 0 aliphatic carbocycles. The Morgan fingerprint density at radius 2 is 1.89 bits per heavy atom. The normalized spacial score (nSPS) is 11.0. The van der Waals surface area contributed by atoms with E-state index >= 15 is 0 Å². The van der Waals surface area contributed by atoms with E-state index in [-0.39, 0.29) is 5.92 Å². The number of halogens is 1. The highest BCUT2D eigenvalue weighted by Gasteiger charge is 2.17. The van der Waals surface area contributed by atoms with Gasteiger partial charge in [0.2, 0.25) is 0 Å². The van der Waals surface area contributed by atoms with Crippen LogP contribution in [0.1, 0.15) is 50.3 Å². The van der Waals surface area contributed by atoms with Crippen molar-refractivity contribution >= 4 is 11.6 Å². The Balaban J connectivity index is 0.00000137. The van der Waals surface area contributed by atoms with Crippen molar-refractivity contribution in [1.29, 1.82) is 5.26 Å². The zero-order chi connectivity index (χ0) is 14.3. The summed E-state index contributed by atoms with van der Waals surface area (Å²) < 4.78 is 5.62. The third kappa shape index (κ3) is 3.65. The molecule has 1 atom stereocenters. The maximum atomic E-state index is 8.98. The minimum absolute atomic E-state index is 0.210. The van der Waals surface area contributed by atoms with E-state index in [2.05, 4.69) is 6.07 Å². The zero-order valence-electron chi connectivity index (χ0n) is 12.1. The molecule has 0 aliphatic heterocycles. The monoisotopic (exact) mass is 267 g/mol. The molecule has 1 aromatic carbocycles. The van der Waals surface area contributed by atoms with Gasteiger partial charge in [0.25, 0.3) is 0 Å². The van der Waals surface area contributed by atoms with E-state index < -0.39 is 0 Å². The van der Waals surface area contributed by atoms with Crippen LogP contribution >= 0.6 is 11.6 Å². The lowest BCUT2D eigenvalue weighted by molar-refractivity contribution is 0.333. The Hall–Kier alpha value is -1.20. The van der Waals surface area contributed by atoms with E-state index in [1.807, 2.05) is 47.6 Å². The predicted molar refractivity (Wildman–Crippen MR) is 77.5 cm³/mol. The Bertz CT molecular complexity index is 435. The highest BCUT2D eigenvalue weighted by atomic mass is 35.5. The van der Waals surface area contributed by atoms with Crippen molar-refractivity contribution < 1.29 is 4.74 Å². The Kier molecular flexibility index (Phi) is 7.47. The van der Waals surface area contributed by atoms with Crippen molar-refractivity contribution in [3.05, 3.63) is 27.8 Å². The molecule has 0 N–H and O–H groups in total.